The molecule has 6 nitrogen and oxygen atoms in total. The van der Waals surface area contributed by atoms with E-state index < -0.39 is 28.2 Å². The number of hydrogen-bond donors (Lipinski definition) is 2. The lowest BCUT2D eigenvalue weighted by Crippen LogP contribution is -2.48. The number of carbonyl (C=O) groups excluding carboxylic acids is 2. The van der Waals surface area contributed by atoms with Crippen LogP contribution in [0.5, 0.6) is 23.0 Å². The molecule has 0 saturated carbocycles. The molecule has 4 aromatic carbocycles. The van der Waals surface area contributed by atoms with Gasteiger partial charge in [-0.2, -0.15) is 0 Å². The van der Waals surface area contributed by atoms with Crippen molar-refractivity contribution >= 4 is 11.9 Å². The Morgan fingerprint density at radius 3 is 1.03 bits per heavy atom. The van der Waals surface area contributed by atoms with Crippen molar-refractivity contribution in [1.82, 2.24) is 0 Å². The maximum absolute atomic E-state index is 15.1. The van der Waals surface area contributed by atoms with E-state index in [4.69, 9.17) is 9.47 Å². The van der Waals surface area contributed by atoms with Gasteiger partial charge in [0, 0.05) is 0 Å². The normalized spacial score (nSPS) is 13.3. The van der Waals surface area contributed by atoms with Crippen molar-refractivity contribution in [2.24, 2.45) is 16.2 Å². The van der Waals surface area contributed by atoms with Crippen LogP contribution < -0.4 is 9.47 Å². The van der Waals surface area contributed by atoms with Crippen molar-refractivity contribution < 1.29 is 29.3 Å². The molecule has 6 heteroatoms. The fourth-order valence-corrected chi connectivity index (χ4v) is 8.93. The molecule has 4 rings (SSSR count). The number of rotatable bonds is 12. The van der Waals surface area contributed by atoms with Crippen LogP contribution >= 0.6 is 0 Å². The predicted molar refractivity (Wildman–Crippen MR) is 242 cm³/mol. The van der Waals surface area contributed by atoms with E-state index in [9.17, 15) is 10.2 Å². The largest absolute Gasteiger partial charge is 0.508 e. The Morgan fingerprint density at radius 2 is 0.763 bits per heavy atom. The maximum atomic E-state index is 15.1. The second-order valence-corrected chi connectivity index (χ2v) is 22.7. The van der Waals surface area contributed by atoms with Gasteiger partial charge in [0.2, 0.25) is 0 Å². The first kappa shape index (κ1) is 47.1. The van der Waals surface area contributed by atoms with Crippen molar-refractivity contribution in [3.63, 3.8) is 0 Å². The average Bonchev–Trinajstić information content (AvgIpc) is 3.07. The average molecular weight is 805 g/mol. The van der Waals surface area contributed by atoms with Crippen LogP contribution in [-0.2, 0) is 44.1 Å². The van der Waals surface area contributed by atoms with Crippen LogP contribution in [0.1, 0.15) is 157 Å². The predicted octanol–water partition coefficient (Wildman–Crippen LogP) is 13.1. The van der Waals surface area contributed by atoms with Crippen molar-refractivity contribution in [2.45, 2.75) is 158 Å². The highest BCUT2D eigenvalue weighted by Gasteiger charge is 2.50. The van der Waals surface area contributed by atoms with Gasteiger partial charge in [0.25, 0.3) is 0 Å². The summed E-state index contributed by atoms with van der Waals surface area (Å²) >= 11 is 0. The lowest BCUT2D eigenvalue weighted by atomic mass is 9.72. The van der Waals surface area contributed by atoms with Gasteiger partial charge < -0.3 is 19.7 Å². The summed E-state index contributed by atoms with van der Waals surface area (Å²) in [6.45, 7) is 34.2. The Balaban J connectivity index is 1.89. The quantitative estimate of drug-likeness (QED) is 0.0841. The molecule has 0 atom stereocenters. The third-order valence-electron chi connectivity index (χ3n) is 11.2. The molecular formula is C53H72O6. The van der Waals surface area contributed by atoms with Gasteiger partial charge in [0.1, 0.15) is 23.0 Å². The Morgan fingerprint density at radius 1 is 0.458 bits per heavy atom. The second-order valence-electron chi connectivity index (χ2n) is 22.7. The third kappa shape index (κ3) is 12.2. The summed E-state index contributed by atoms with van der Waals surface area (Å²) in [5.41, 5.74) is 2.16. The van der Waals surface area contributed by atoms with E-state index in [0.29, 0.717) is 33.8 Å². The minimum Gasteiger partial charge on any atom is -0.508 e. The molecule has 4 aromatic rings. The Bertz CT molecular complexity index is 1940. The molecule has 0 aliphatic heterocycles. The Kier molecular flexibility index (Phi) is 13.4. The number of aromatic hydroxyl groups is 2. The number of phenols is 2. The molecule has 0 spiro atoms. The first-order chi connectivity index (χ1) is 26.8. The zero-order valence-corrected chi connectivity index (χ0v) is 38.9. The van der Waals surface area contributed by atoms with Gasteiger partial charge in [0.15, 0.2) is 5.41 Å². The number of ether oxygens (including phenoxy) is 2. The number of benzene rings is 4. The van der Waals surface area contributed by atoms with Gasteiger partial charge in [-0.15, -0.1) is 0 Å². The first-order valence-electron chi connectivity index (χ1n) is 21.1. The SMILES string of the molecule is CC(C)(C)CC(C)(C)c1ccc(OC(=O)C(Cc2ccc(O)c(C(C)(C)C)c2)(Cc2ccc(O)c(C(C)(C)C)c2)C(=O)Oc2ccc(C(C)(C)CC(C)(C)C)cc2)cc1. The summed E-state index contributed by atoms with van der Waals surface area (Å²) in [6.07, 6.45) is 1.76. The molecule has 59 heavy (non-hydrogen) atoms. The minimum atomic E-state index is -1.90. The van der Waals surface area contributed by atoms with E-state index in [-0.39, 0.29) is 46.0 Å². The van der Waals surface area contributed by atoms with E-state index in [2.05, 4.69) is 69.2 Å². The molecule has 0 amide bonds. The monoisotopic (exact) mass is 805 g/mol. The zero-order chi connectivity index (χ0) is 44.6. The zero-order valence-electron chi connectivity index (χ0n) is 38.9. The number of phenolic OH excluding ortho intramolecular Hbond substituents is 2. The summed E-state index contributed by atoms with van der Waals surface area (Å²) in [5.74, 6) is -0.625. The van der Waals surface area contributed by atoms with E-state index in [1.165, 1.54) is 0 Å². The second kappa shape index (κ2) is 16.8. The minimum absolute atomic E-state index is 0.0762. The van der Waals surface area contributed by atoms with Gasteiger partial charge in [-0.1, -0.05) is 159 Å². The Labute approximate surface area is 355 Å². The molecule has 0 radical (unpaired) electrons. The summed E-state index contributed by atoms with van der Waals surface area (Å²) in [6, 6.07) is 25.6. The highest BCUT2D eigenvalue weighted by atomic mass is 16.6. The molecule has 0 unspecified atom stereocenters. The van der Waals surface area contributed by atoms with Crippen molar-refractivity contribution in [3.8, 4) is 23.0 Å². The molecule has 0 aliphatic rings. The molecule has 2 N–H and O–H groups in total. The fourth-order valence-electron chi connectivity index (χ4n) is 8.93. The van der Waals surface area contributed by atoms with Crippen molar-refractivity contribution in [3.05, 3.63) is 118 Å². The lowest BCUT2D eigenvalue weighted by molar-refractivity contribution is -0.161. The van der Waals surface area contributed by atoms with Gasteiger partial charge in [-0.05, 0) is 128 Å². The standard InChI is InChI=1S/C53H72O6/c1-47(2,3)33-51(13,14)37-19-23-39(24-20-37)58-45(56)53(31-35-17-27-43(54)41(29-35)49(7,8)9,32-36-18-28-44(55)42(30-36)50(10,11)12)46(57)59-40-25-21-38(22-26-40)52(15,16)34-48(4,5)6/h17-30,54-55H,31-34H2,1-16H3. The van der Waals surface area contributed by atoms with Gasteiger partial charge in [-0.25, -0.2) is 0 Å². The molecule has 320 valence electrons. The number of esters is 2. The van der Waals surface area contributed by atoms with Gasteiger partial charge in [0.05, 0.1) is 0 Å². The molecule has 0 fully saturated rings. The van der Waals surface area contributed by atoms with Crippen LogP contribution in [0.25, 0.3) is 0 Å². The van der Waals surface area contributed by atoms with E-state index >= 15 is 9.59 Å². The highest BCUT2D eigenvalue weighted by Crippen LogP contribution is 2.41. The van der Waals surface area contributed by atoms with Crippen LogP contribution in [0.2, 0.25) is 0 Å². The molecule has 0 aliphatic carbocycles. The topological polar surface area (TPSA) is 93.1 Å². The van der Waals surface area contributed by atoms with Crippen LogP contribution in [0.15, 0.2) is 84.9 Å². The van der Waals surface area contributed by atoms with E-state index in [1.54, 1.807) is 48.5 Å². The van der Waals surface area contributed by atoms with E-state index in [1.807, 2.05) is 77.9 Å². The lowest BCUT2D eigenvalue weighted by Gasteiger charge is -2.33. The molecular weight excluding hydrogens is 733 g/mol. The van der Waals surface area contributed by atoms with Gasteiger partial charge in [-0.3, -0.25) is 9.59 Å². The van der Waals surface area contributed by atoms with Crippen LogP contribution in [0.3, 0.4) is 0 Å². The van der Waals surface area contributed by atoms with Gasteiger partial charge >= 0.3 is 11.9 Å². The molecule has 0 heterocycles. The summed E-state index contributed by atoms with van der Waals surface area (Å²) in [4.78, 5) is 30.3. The first-order valence-corrected chi connectivity index (χ1v) is 21.1. The third-order valence-corrected chi connectivity index (χ3v) is 11.2. The smallest absolute Gasteiger partial charge is 0.329 e. The molecule has 0 saturated heterocycles. The summed E-state index contributed by atoms with van der Waals surface area (Å²) in [7, 11) is 0. The van der Waals surface area contributed by atoms with Crippen LogP contribution in [0, 0.1) is 16.2 Å². The molecule has 0 bridgehead atoms. The fraction of sp³-hybridized carbons (Fsp3) is 0.509. The summed E-state index contributed by atoms with van der Waals surface area (Å²) < 4.78 is 12.5. The maximum Gasteiger partial charge on any atom is 0.329 e. The van der Waals surface area contributed by atoms with Crippen molar-refractivity contribution in [1.29, 1.82) is 0 Å². The highest BCUT2D eigenvalue weighted by molar-refractivity contribution is 6.02. The van der Waals surface area contributed by atoms with Crippen LogP contribution in [-0.4, -0.2) is 22.2 Å². The van der Waals surface area contributed by atoms with Crippen LogP contribution in [0.4, 0.5) is 0 Å². The number of hydrogen-bond acceptors (Lipinski definition) is 6. The Hall–Kier alpha value is -4.58. The molecule has 0 aromatic heterocycles. The summed E-state index contributed by atoms with van der Waals surface area (Å²) in [5, 5.41) is 21.8. The number of carbonyl (C=O) groups is 2. The van der Waals surface area contributed by atoms with Crippen molar-refractivity contribution in [2.75, 3.05) is 0 Å². The van der Waals surface area contributed by atoms with E-state index in [0.717, 1.165) is 24.0 Å².